The Morgan fingerprint density at radius 1 is 0.596 bits per heavy atom. The molecule has 0 saturated carbocycles. The maximum Gasteiger partial charge on any atom is 0.412 e. The van der Waals surface area contributed by atoms with Crippen LogP contribution in [-0.2, 0) is 9.47 Å². The number of para-hydroxylation sites is 1. The summed E-state index contributed by atoms with van der Waals surface area (Å²) >= 11 is 1.46. The number of hydrogen-bond acceptors (Lipinski definition) is 9. The number of nitro groups is 1. The molecule has 0 fully saturated rings. The average molecular weight is 726 g/mol. The van der Waals surface area contributed by atoms with Crippen molar-refractivity contribution < 1.29 is 33.6 Å². The highest BCUT2D eigenvalue weighted by Crippen LogP contribution is 2.26. The maximum absolute atomic E-state index is 12.4. The number of hydrogen-bond donors (Lipinski definition) is 4. The van der Waals surface area contributed by atoms with E-state index in [4.69, 9.17) is 9.47 Å². The second-order valence-corrected chi connectivity index (χ2v) is 14.3. The molecule has 0 bridgehead atoms. The van der Waals surface area contributed by atoms with Crippen molar-refractivity contribution in [1.29, 1.82) is 0 Å². The van der Waals surface area contributed by atoms with Gasteiger partial charge in [-0.3, -0.25) is 30.3 Å². The number of benzene rings is 4. The van der Waals surface area contributed by atoms with E-state index in [1.54, 1.807) is 96.1 Å². The van der Waals surface area contributed by atoms with Gasteiger partial charge in [0, 0.05) is 33.5 Å². The summed E-state index contributed by atoms with van der Waals surface area (Å²) < 4.78 is 11.4. The molecule has 0 aliphatic rings. The Balaban J connectivity index is 0.000000233. The number of ether oxygens (including phenoxy) is 2. The molecule has 4 aromatic carbocycles. The number of nitro benzene ring substituents is 1. The first-order valence-electron chi connectivity index (χ1n) is 16.0. The molecule has 0 aliphatic heterocycles. The first-order valence-corrected chi connectivity index (χ1v) is 16.8. The first kappa shape index (κ1) is 38.5. The highest BCUT2D eigenvalue weighted by molar-refractivity contribution is 7.20. The number of amides is 4. The Morgan fingerprint density at radius 2 is 1.02 bits per heavy atom. The SMILES string of the molecule is CC(C)(C)OC(=O)Nc1ccc(NC(=O)c2cc3ccccc3s2)cc1.CC(C)(C)OC(=O)Nc1ccc(NC(=O)c2ccccc2[N+](=O)[O-])cc1. The molecule has 0 atom stereocenters. The fourth-order valence-corrected chi connectivity index (χ4v) is 5.38. The summed E-state index contributed by atoms with van der Waals surface area (Å²) in [6.45, 7) is 10.7. The summed E-state index contributed by atoms with van der Waals surface area (Å²) in [5, 5.41) is 22.7. The number of nitrogens with zero attached hydrogens (tertiary/aromatic N) is 1. The number of thiophene rings is 1. The molecule has 1 heterocycles. The van der Waals surface area contributed by atoms with Gasteiger partial charge in [-0.25, -0.2) is 9.59 Å². The Kier molecular flexibility index (Phi) is 12.3. The molecule has 4 amide bonds. The van der Waals surface area contributed by atoms with Crippen molar-refractivity contribution in [3.8, 4) is 0 Å². The molecule has 0 aliphatic carbocycles. The van der Waals surface area contributed by atoms with Gasteiger partial charge in [-0.05, 0) is 114 Å². The van der Waals surface area contributed by atoms with Crippen molar-refractivity contribution in [2.45, 2.75) is 52.7 Å². The van der Waals surface area contributed by atoms with Crippen LogP contribution in [0.4, 0.5) is 38.0 Å². The van der Waals surface area contributed by atoms with Crippen LogP contribution in [0.3, 0.4) is 0 Å². The predicted octanol–water partition coefficient (Wildman–Crippen LogP) is 9.69. The third-order valence-electron chi connectivity index (χ3n) is 6.57. The van der Waals surface area contributed by atoms with Gasteiger partial charge in [-0.1, -0.05) is 30.3 Å². The smallest absolute Gasteiger partial charge is 0.412 e. The maximum atomic E-state index is 12.4. The minimum Gasteiger partial charge on any atom is -0.444 e. The van der Waals surface area contributed by atoms with Crippen LogP contribution in [0.5, 0.6) is 0 Å². The van der Waals surface area contributed by atoms with E-state index in [2.05, 4.69) is 21.3 Å². The van der Waals surface area contributed by atoms with Crippen molar-refractivity contribution in [1.82, 2.24) is 0 Å². The zero-order valence-corrected chi connectivity index (χ0v) is 30.3. The summed E-state index contributed by atoms with van der Waals surface area (Å²) in [7, 11) is 0. The third kappa shape index (κ3) is 11.9. The van der Waals surface area contributed by atoms with Crippen LogP contribution in [0.25, 0.3) is 10.1 Å². The Morgan fingerprint density at radius 3 is 1.48 bits per heavy atom. The van der Waals surface area contributed by atoms with Gasteiger partial charge in [0.25, 0.3) is 17.5 Å². The summed E-state index contributed by atoms with van der Waals surface area (Å²) in [6, 6.07) is 28.7. The van der Waals surface area contributed by atoms with Gasteiger partial charge in [0.1, 0.15) is 16.8 Å². The van der Waals surface area contributed by atoms with E-state index in [1.807, 2.05) is 30.3 Å². The molecule has 5 rings (SSSR count). The summed E-state index contributed by atoms with van der Waals surface area (Å²) in [6.07, 6.45) is -1.10. The minimum absolute atomic E-state index is 0.0338. The van der Waals surface area contributed by atoms with Gasteiger partial charge in [0.2, 0.25) is 0 Å². The zero-order valence-electron chi connectivity index (χ0n) is 29.4. The lowest BCUT2D eigenvalue weighted by atomic mass is 10.1. The molecule has 0 spiro atoms. The molecule has 270 valence electrons. The van der Waals surface area contributed by atoms with Gasteiger partial charge in [-0.15, -0.1) is 11.3 Å². The number of fused-ring (bicyclic) bond motifs is 1. The van der Waals surface area contributed by atoms with Gasteiger partial charge in [0.05, 0.1) is 9.80 Å². The predicted molar refractivity (Wildman–Crippen MR) is 203 cm³/mol. The van der Waals surface area contributed by atoms with E-state index in [0.29, 0.717) is 27.6 Å². The standard InChI is InChI=1S/C20H20N2O3S.C18H19N3O5/c1-20(2,3)25-19(24)22-15-10-8-14(9-11-15)21-18(23)17-12-13-6-4-5-7-16(13)26-17;1-18(2,3)26-17(23)20-13-10-8-12(9-11-13)19-16(22)14-6-4-5-7-15(14)21(24)25/h4-12H,1-3H3,(H,21,23)(H,22,24);4-11H,1-3H3,(H,19,22)(H,20,23). The third-order valence-corrected chi connectivity index (χ3v) is 7.69. The normalized spacial score (nSPS) is 11.0. The van der Waals surface area contributed by atoms with Crippen LogP contribution in [-0.4, -0.2) is 40.1 Å². The van der Waals surface area contributed by atoms with Crippen molar-refractivity contribution >= 4 is 73.9 Å². The lowest BCUT2D eigenvalue weighted by Gasteiger charge is -2.19. The van der Waals surface area contributed by atoms with Gasteiger partial charge in [0.15, 0.2) is 0 Å². The lowest BCUT2D eigenvalue weighted by Crippen LogP contribution is -2.27. The topological polar surface area (TPSA) is 178 Å². The van der Waals surface area contributed by atoms with Crippen LogP contribution in [0, 0.1) is 10.1 Å². The van der Waals surface area contributed by atoms with Crippen molar-refractivity contribution in [3.05, 3.63) is 124 Å². The number of anilines is 4. The zero-order chi connectivity index (χ0) is 38.1. The number of carbonyl (C=O) groups is 4. The van der Waals surface area contributed by atoms with E-state index >= 15 is 0 Å². The highest BCUT2D eigenvalue weighted by atomic mass is 32.1. The Hall–Kier alpha value is -6.28. The molecule has 5 aromatic rings. The van der Waals surface area contributed by atoms with E-state index < -0.39 is 34.2 Å². The number of rotatable bonds is 7. The molecule has 1 aromatic heterocycles. The molecule has 0 radical (unpaired) electrons. The van der Waals surface area contributed by atoms with Gasteiger partial charge >= 0.3 is 12.2 Å². The molecule has 14 heteroatoms. The second-order valence-electron chi connectivity index (χ2n) is 13.2. The molecule has 0 unspecified atom stereocenters. The van der Waals surface area contributed by atoms with Gasteiger partial charge in [-0.2, -0.15) is 0 Å². The van der Waals surface area contributed by atoms with E-state index in [-0.39, 0.29) is 17.2 Å². The number of carbonyl (C=O) groups excluding carboxylic acids is 4. The second kappa shape index (κ2) is 16.6. The van der Waals surface area contributed by atoms with Crippen LogP contribution in [0.15, 0.2) is 103 Å². The monoisotopic (exact) mass is 725 g/mol. The van der Waals surface area contributed by atoms with Crippen LogP contribution in [0.2, 0.25) is 0 Å². The molecule has 4 N–H and O–H groups in total. The van der Waals surface area contributed by atoms with E-state index in [1.165, 1.54) is 29.5 Å². The summed E-state index contributed by atoms with van der Waals surface area (Å²) in [5.74, 6) is -0.746. The van der Waals surface area contributed by atoms with Gasteiger partial charge < -0.3 is 20.1 Å². The van der Waals surface area contributed by atoms with Crippen molar-refractivity contribution in [2.75, 3.05) is 21.3 Å². The molecule has 0 saturated heterocycles. The molecular weight excluding hydrogens is 687 g/mol. The lowest BCUT2D eigenvalue weighted by molar-refractivity contribution is -0.385. The molecule has 52 heavy (non-hydrogen) atoms. The first-order chi connectivity index (χ1) is 24.5. The average Bonchev–Trinajstić information content (AvgIpc) is 3.50. The van der Waals surface area contributed by atoms with Crippen LogP contribution < -0.4 is 21.3 Å². The molecule has 13 nitrogen and oxygen atoms in total. The van der Waals surface area contributed by atoms with Crippen molar-refractivity contribution in [2.24, 2.45) is 0 Å². The van der Waals surface area contributed by atoms with Crippen LogP contribution >= 0.6 is 11.3 Å². The largest absolute Gasteiger partial charge is 0.444 e. The quantitative estimate of drug-likeness (QED) is 0.0946. The number of nitrogens with one attached hydrogen (secondary N) is 4. The molecular formula is C38H39N5O8S. The Labute approximate surface area is 304 Å². The minimum atomic E-state index is -0.609. The van der Waals surface area contributed by atoms with Crippen LogP contribution in [0.1, 0.15) is 61.6 Å². The Bertz CT molecular complexity index is 2030. The highest BCUT2D eigenvalue weighted by Gasteiger charge is 2.20. The van der Waals surface area contributed by atoms with Crippen molar-refractivity contribution in [3.63, 3.8) is 0 Å². The fraction of sp³-hybridized carbons (Fsp3) is 0.211. The summed E-state index contributed by atoms with van der Waals surface area (Å²) in [4.78, 5) is 59.2. The van der Waals surface area contributed by atoms with E-state index in [0.717, 1.165) is 10.1 Å². The van der Waals surface area contributed by atoms with E-state index in [9.17, 15) is 29.3 Å². The fourth-order valence-electron chi connectivity index (χ4n) is 4.43. The summed E-state index contributed by atoms with van der Waals surface area (Å²) in [5.41, 5.74) is 0.707.